The number of hydrogen-bond acceptors (Lipinski definition) is 7. The maximum atomic E-state index is 11.4. The molecule has 1 fully saturated rings. The maximum Gasteiger partial charge on any atom is 0.372 e. The zero-order chi connectivity index (χ0) is 15.9. The number of hydrogen-bond donors (Lipinski definition) is 1. The Hall–Kier alpha value is -1.96. The topological polar surface area (TPSA) is 99.4 Å². The van der Waals surface area contributed by atoms with Crippen molar-refractivity contribution in [2.24, 2.45) is 0 Å². The summed E-state index contributed by atoms with van der Waals surface area (Å²) in [5.74, 6) is 1.23. The summed E-state index contributed by atoms with van der Waals surface area (Å²) in [6.45, 7) is 3.47. The van der Waals surface area contributed by atoms with Gasteiger partial charge in [0.2, 0.25) is 5.82 Å². The smallest absolute Gasteiger partial charge is 0.372 e. The molecule has 0 radical (unpaired) electrons. The van der Waals surface area contributed by atoms with E-state index in [-0.39, 0.29) is 17.4 Å². The first-order valence-corrected chi connectivity index (χ1v) is 7.59. The lowest BCUT2D eigenvalue weighted by atomic mass is 10.3. The molecular weight excluding hydrogens is 288 g/mol. The molecule has 0 aliphatic heterocycles. The summed E-state index contributed by atoms with van der Waals surface area (Å²) < 4.78 is 10.5. The van der Waals surface area contributed by atoms with Crippen molar-refractivity contribution >= 4 is 11.5 Å². The fraction of sp³-hybridized carbons (Fsp3) is 0.714. The molecule has 1 heterocycles. The van der Waals surface area contributed by atoms with E-state index in [2.05, 4.69) is 15.3 Å². The Morgan fingerprint density at radius 3 is 2.73 bits per heavy atom. The van der Waals surface area contributed by atoms with Crippen molar-refractivity contribution in [3.63, 3.8) is 0 Å². The van der Waals surface area contributed by atoms with Crippen molar-refractivity contribution in [3.8, 4) is 5.88 Å². The summed E-state index contributed by atoms with van der Waals surface area (Å²) in [6, 6.07) is 0. The number of aromatic nitrogens is 2. The van der Waals surface area contributed by atoms with Crippen LogP contribution in [0.4, 0.5) is 11.5 Å². The van der Waals surface area contributed by atoms with Crippen LogP contribution in [-0.4, -0.2) is 41.8 Å². The van der Waals surface area contributed by atoms with Crippen molar-refractivity contribution in [1.82, 2.24) is 9.97 Å². The molecule has 1 aliphatic rings. The normalized spacial score (nSPS) is 13.9. The summed E-state index contributed by atoms with van der Waals surface area (Å²) >= 11 is 0. The van der Waals surface area contributed by atoms with Gasteiger partial charge in [-0.05, 0) is 25.7 Å². The van der Waals surface area contributed by atoms with Gasteiger partial charge in [0, 0.05) is 26.2 Å². The van der Waals surface area contributed by atoms with Gasteiger partial charge in [-0.25, -0.2) is 4.98 Å². The molecule has 0 spiro atoms. The minimum atomic E-state index is -0.486. The van der Waals surface area contributed by atoms with E-state index < -0.39 is 4.92 Å². The highest BCUT2D eigenvalue weighted by Crippen LogP contribution is 2.41. The van der Waals surface area contributed by atoms with E-state index in [4.69, 9.17) is 9.47 Å². The number of nitro groups is 1. The van der Waals surface area contributed by atoms with E-state index in [0.29, 0.717) is 31.5 Å². The molecule has 0 bridgehead atoms. The second-order valence-corrected chi connectivity index (χ2v) is 5.24. The molecule has 0 unspecified atom stereocenters. The van der Waals surface area contributed by atoms with Gasteiger partial charge in [0.25, 0.3) is 5.88 Å². The Kier molecular flexibility index (Phi) is 5.88. The van der Waals surface area contributed by atoms with Crippen LogP contribution in [0.5, 0.6) is 5.88 Å². The molecular formula is C14H22N4O4. The largest absolute Gasteiger partial charge is 0.473 e. The highest BCUT2D eigenvalue weighted by atomic mass is 16.6. The van der Waals surface area contributed by atoms with E-state index in [9.17, 15) is 10.1 Å². The Morgan fingerprint density at radius 2 is 2.14 bits per heavy atom. The van der Waals surface area contributed by atoms with E-state index in [1.54, 1.807) is 7.11 Å². The Bertz CT molecular complexity index is 520. The summed E-state index contributed by atoms with van der Waals surface area (Å²) in [4.78, 5) is 19.5. The van der Waals surface area contributed by atoms with Crippen LogP contribution in [0.25, 0.3) is 0 Å². The van der Waals surface area contributed by atoms with Crippen LogP contribution < -0.4 is 10.1 Å². The van der Waals surface area contributed by atoms with Crippen LogP contribution in [0.2, 0.25) is 0 Å². The minimum absolute atomic E-state index is 0.0676. The van der Waals surface area contributed by atoms with E-state index in [0.717, 1.165) is 25.7 Å². The Morgan fingerprint density at radius 1 is 1.36 bits per heavy atom. The third-order valence-electron chi connectivity index (χ3n) is 3.25. The van der Waals surface area contributed by atoms with Crippen molar-refractivity contribution < 1.29 is 14.4 Å². The van der Waals surface area contributed by atoms with Crippen LogP contribution in [0.3, 0.4) is 0 Å². The number of rotatable bonds is 10. The number of methoxy groups -OCH3 is 1. The van der Waals surface area contributed by atoms with Gasteiger partial charge in [0.05, 0.1) is 11.5 Å². The van der Waals surface area contributed by atoms with Gasteiger partial charge in [0.1, 0.15) is 5.82 Å². The van der Waals surface area contributed by atoms with Gasteiger partial charge in [-0.2, -0.15) is 4.98 Å². The third-order valence-corrected chi connectivity index (χ3v) is 3.25. The predicted molar refractivity (Wildman–Crippen MR) is 81.4 cm³/mol. The summed E-state index contributed by atoms with van der Waals surface area (Å²) in [5, 5.41) is 14.4. The molecule has 2 rings (SSSR count). The molecule has 1 N–H and O–H groups in total. The molecule has 22 heavy (non-hydrogen) atoms. The fourth-order valence-corrected chi connectivity index (χ4v) is 1.99. The second kappa shape index (κ2) is 7.88. The molecule has 0 saturated heterocycles. The van der Waals surface area contributed by atoms with Crippen LogP contribution in [-0.2, 0) is 4.74 Å². The number of nitrogens with one attached hydrogen (secondary N) is 1. The van der Waals surface area contributed by atoms with Crippen LogP contribution in [0.15, 0.2) is 0 Å². The zero-order valence-corrected chi connectivity index (χ0v) is 13.0. The monoisotopic (exact) mass is 310 g/mol. The molecule has 1 aliphatic carbocycles. The number of nitrogens with zero attached hydrogens (tertiary/aromatic N) is 3. The second-order valence-electron chi connectivity index (χ2n) is 5.24. The van der Waals surface area contributed by atoms with Gasteiger partial charge in [-0.3, -0.25) is 10.1 Å². The lowest BCUT2D eigenvalue weighted by Gasteiger charge is -2.11. The first kappa shape index (κ1) is 16.4. The molecule has 122 valence electrons. The van der Waals surface area contributed by atoms with Crippen LogP contribution in [0, 0.1) is 10.1 Å². The van der Waals surface area contributed by atoms with Gasteiger partial charge in [-0.1, -0.05) is 6.92 Å². The first-order valence-electron chi connectivity index (χ1n) is 7.59. The van der Waals surface area contributed by atoms with Gasteiger partial charge in [0.15, 0.2) is 0 Å². The van der Waals surface area contributed by atoms with Crippen molar-refractivity contribution in [1.29, 1.82) is 0 Å². The molecule has 0 amide bonds. The zero-order valence-electron chi connectivity index (χ0n) is 13.0. The average Bonchev–Trinajstić information content (AvgIpc) is 3.33. The van der Waals surface area contributed by atoms with Gasteiger partial charge < -0.3 is 14.8 Å². The molecule has 8 nitrogen and oxygen atoms in total. The molecule has 1 aromatic heterocycles. The average molecular weight is 310 g/mol. The van der Waals surface area contributed by atoms with Crippen LogP contribution in [0.1, 0.15) is 44.3 Å². The lowest BCUT2D eigenvalue weighted by Crippen LogP contribution is -2.12. The maximum absolute atomic E-state index is 11.4. The SMILES string of the molecule is CCCOc1nc(C2CC2)nc(NCCCOC)c1[N+](=O)[O-]. The van der Waals surface area contributed by atoms with E-state index in [1.807, 2.05) is 6.92 Å². The molecule has 1 aromatic rings. The van der Waals surface area contributed by atoms with Gasteiger partial charge in [-0.15, -0.1) is 0 Å². The first-order chi connectivity index (χ1) is 10.7. The molecule has 0 atom stereocenters. The molecule has 0 aromatic carbocycles. The number of ether oxygens (including phenoxy) is 2. The van der Waals surface area contributed by atoms with Crippen LogP contribution >= 0.6 is 0 Å². The Labute approximate surface area is 129 Å². The molecule has 8 heteroatoms. The highest BCUT2D eigenvalue weighted by Gasteiger charge is 2.32. The summed E-state index contributed by atoms with van der Waals surface area (Å²) in [7, 11) is 1.62. The van der Waals surface area contributed by atoms with E-state index in [1.165, 1.54) is 0 Å². The lowest BCUT2D eigenvalue weighted by molar-refractivity contribution is -0.385. The quantitative estimate of drug-likeness (QED) is 0.402. The Balaban J connectivity index is 2.25. The van der Waals surface area contributed by atoms with Crippen molar-refractivity contribution in [3.05, 3.63) is 15.9 Å². The highest BCUT2D eigenvalue weighted by molar-refractivity contribution is 5.62. The minimum Gasteiger partial charge on any atom is -0.473 e. The van der Waals surface area contributed by atoms with Crippen molar-refractivity contribution in [2.45, 2.75) is 38.5 Å². The number of anilines is 1. The standard InChI is InChI=1S/C14H22N4O4/c1-3-8-22-14-11(18(19)20)13(15-7-4-9-21-2)16-12(17-14)10-5-6-10/h10H,3-9H2,1-2H3,(H,15,16,17). The summed E-state index contributed by atoms with van der Waals surface area (Å²) in [5.41, 5.74) is -0.185. The van der Waals surface area contributed by atoms with Gasteiger partial charge >= 0.3 is 5.69 Å². The predicted octanol–water partition coefficient (Wildman–Crippen LogP) is 2.50. The van der Waals surface area contributed by atoms with E-state index >= 15 is 0 Å². The van der Waals surface area contributed by atoms with Crippen molar-refractivity contribution in [2.75, 3.05) is 32.2 Å². The third kappa shape index (κ3) is 4.27. The molecule has 1 saturated carbocycles. The fourth-order valence-electron chi connectivity index (χ4n) is 1.99. The summed E-state index contributed by atoms with van der Waals surface area (Å²) in [6.07, 6.45) is 3.54.